The van der Waals surface area contributed by atoms with Gasteiger partial charge in [-0.1, -0.05) is 23.9 Å². The van der Waals surface area contributed by atoms with Crippen molar-refractivity contribution < 1.29 is 9.47 Å². The second-order valence-corrected chi connectivity index (χ2v) is 4.66. The molecule has 1 aromatic rings. The van der Waals surface area contributed by atoms with E-state index in [4.69, 9.17) is 9.47 Å². The van der Waals surface area contributed by atoms with Crippen LogP contribution in [0.25, 0.3) is 0 Å². The second kappa shape index (κ2) is 5.83. The molecule has 0 N–H and O–H groups in total. The van der Waals surface area contributed by atoms with E-state index in [0.29, 0.717) is 6.61 Å². The topological polar surface area (TPSA) is 18.5 Å². The molecule has 0 spiro atoms. The molecule has 1 rings (SSSR count). The quantitative estimate of drug-likeness (QED) is 0.538. The van der Waals surface area contributed by atoms with Crippen molar-refractivity contribution in [3.05, 3.63) is 24.3 Å². The predicted octanol–water partition coefficient (Wildman–Crippen LogP) is 1.29. The van der Waals surface area contributed by atoms with Crippen LogP contribution in [-0.2, 0) is 4.74 Å². The number of hydrogen-bond donors (Lipinski definition) is 0. The second-order valence-electron chi connectivity index (χ2n) is 3.14. The van der Waals surface area contributed by atoms with Crippen molar-refractivity contribution in [3.63, 3.8) is 0 Å². The fraction of sp³-hybridized carbons (Fsp3) is 0.455. The predicted molar refractivity (Wildman–Crippen MR) is 62.2 cm³/mol. The first-order valence-corrected chi connectivity index (χ1v) is 7.25. The molecular weight excluding hydrogens is 192 g/mol. The molecule has 1 aromatic carbocycles. The summed E-state index contributed by atoms with van der Waals surface area (Å²) in [5.41, 5.74) is 0. The maximum Gasteiger partial charge on any atom is 0.196 e. The fourth-order valence-corrected chi connectivity index (χ4v) is 1.97. The Morgan fingerprint density at radius 2 is 1.93 bits per heavy atom. The van der Waals surface area contributed by atoms with Gasteiger partial charge in [0, 0.05) is 6.61 Å². The van der Waals surface area contributed by atoms with Gasteiger partial charge in [-0.3, -0.25) is 0 Å². The molecule has 1 atom stereocenters. The third kappa shape index (κ3) is 3.52. The summed E-state index contributed by atoms with van der Waals surface area (Å²) < 4.78 is 10.8. The molecule has 0 heterocycles. The SMILES string of the molecule is CCOC(C)Oc1ccc([SiH2]C)cc1. The van der Waals surface area contributed by atoms with Crippen LogP contribution in [0.4, 0.5) is 0 Å². The molecule has 2 nitrogen and oxygen atoms in total. The van der Waals surface area contributed by atoms with Crippen LogP contribution >= 0.6 is 0 Å². The summed E-state index contributed by atoms with van der Waals surface area (Å²) in [6.45, 7) is 6.83. The van der Waals surface area contributed by atoms with E-state index in [1.807, 2.05) is 26.0 Å². The van der Waals surface area contributed by atoms with Crippen molar-refractivity contribution in [2.45, 2.75) is 26.7 Å². The Hall–Kier alpha value is -0.803. The van der Waals surface area contributed by atoms with Gasteiger partial charge in [-0.2, -0.15) is 0 Å². The minimum atomic E-state index is -0.162. The summed E-state index contributed by atoms with van der Waals surface area (Å²) in [6, 6.07) is 8.31. The number of benzene rings is 1. The van der Waals surface area contributed by atoms with Gasteiger partial charge in [0.1, 0.15) is 5.75 Å². The summed E-state index contributed by atoms with van der Waals surface area (Å²) in [5.74, 6) is 0.886. The summed E-state index contributed by atoms with van der Waals surface area (Å²) in [5, 5.41) is 1.46. The van der Waals surface area contributed by atoms with Crippen LogP contribution < -0.4 is 9.92 Å². The largest absolute Gasteiger partial charge is 0.465 e. The molecule has 0 saturated heterocycles. The third-order valence-electron chi connectivity index (χ3n) is 2.04. The summed E-state index contributed by atoms with van der Waals surface area (Å²) in [7, 11) is -0.0482. The minimum Gasteiger partial charge on any atom is -0.465 e. The van der Waals surface area contributed by atoms with Crippen LogP contribution in [0.1, 0.15) is 13.8 Å². The molecule has 0 aliphatic heterocycles. The van der Waals surface area contributed by atoms with E-state index in [0.717, 1.165) is 5.75 Å². The van der Waals surface area contributed by atoms with Crippen LogP contribution in [0.5, 0.6) is 5.75 Å². The van der Waals surface area contributed by atoms with Gasteiger partial charge in [-0.05, 0) is 26.0 Å². The lowest BCUT2D eigenvalue weighted by molar-refractivity contribution is -0.0613. The van der Waals surface area contributed by atoms with E-state index >= 15 is 0 Å². The highest BCUT2D eigenvalue weighted by Gasteiger charge is 2.01. The molecule has 0 aliphatic rings. The van der Waals surface area contributed by atoms with Crippen LogP contribution in [0, 0.1) is 0 Å². The lowest BCUT2D eigenvalue weighted by atomic mass is 10.3. The summed E-state index contributed by atoms with van der Waals surface area (Å²) >= 11 is 0. The molecule has 14 heavy (non-hydrogen) atoms. The molecule has 0 aliphatic carbocycles. The Balaban J connectivity index is 2.50. The van der Waals surface area contributed by atoms with Crippen molar-refractivity contribution in [3.8, 4) is 5.75 Å². The Kier molecular flexibility index (Phi) is 4.69. The van der Waals surface area contributed by atoms with Gasteiger partial charge in [0.15, 0.2) is 6.29 Å². The van der Waals surface area contributed by atoms with Crippen molar-refractivity contribution in [2.75, 3.05) is 6.61 Å². The molecule has 78 valence electrons. The Morgan fingerprint density at radius 3 is 2.43 bits per heavy atom. The van der Waals surface area contributed by atoms with Gasteiger partial charge in [0.05, 0.1) is 9.52 Å². The Bertz CT molecular complexity index is 258. The van der Waals surface area contributed by atoms with E-state index in [-0.39, 0.29) is 15.8 Å². The highest BCUT2D eigenvalue weighted by molar-refractivity contribution is 6.51. The molecule has 1 unspecified atom stereocenters. The van der Waals surface area contributed by atoms with Crippen LogP contribution in [0.3, 0.4) is 0 Å². The first kappa shape index (κ1) is 11.3. The standard InChI is InChI=1S/C11H18O2Si/c1-4-12-9(2)13-10-5-7-11(14-3)8-6-10/h5-9H,4,14H2,1-3H3. The van der Waals surface area contributed by atoms with E-state index in [9.17, 15) is 0 Å². The highest BCUT2D eigenvalue weighted by Crippen LogP contribution is 2.10. The zero-order valence-corrected chi connectivity index (χ0v) is 10.5. The van der Waals surface area contributed by atoms with Crippen molar-refractivity contribution in [1.29, 1.82) is 0 Å². The van der Waals surface area contributed by atoms with Crippen LogP contribution in [0.2, 0.25) is 6.55 Å². The van der Waals surface area contributed by atoms with Gasteiger partial charge in [0.25, 0.3) is 0 Å². The average molecular weight is 210 g/mol. The molecule has 0 saturated carbocycles. The highest BCUT2D eigenvalue weighted by atomic mass is 28.2. The van der Waals surface area contributed by atoms with Crippen molar-refractivity contribution >= 4 is 14.7 Å². The third-order valence-corrected chi connectivity index (χ3v) is 3.32. The van der Waals surface area contributed by atoms with Crippen LogP contribution in [-0.4, -0.2) is 22.4 Å². The fourth-order valence-electron chi connectivity index (χ4n) is 1.26. The van der Waals surface area contributed by atoms with E-state index in [2.05, 4.69) is 18.7 Å². The van der Waals surface area contributed by atoms with Gasteiger partial charge in [0.2, 0.25) is 0 Å². The molecular formula is C11H18O2Si. The molecule has 0 aromatic heterocycles. The Morgan fingerprint density at radius 1 is 1.29 bits per heavy atom. The first-order chi connectivity index (χ1) is 6.76. The van der Waals surface area contributed by atoms with Crippen LogP contribution in [0.15, 0.2) is 24.3 Å². The normalized spacial score (nSPS) is 13.4. The molecule has 0 fully saturated rings. The van der Waals surface area contributed by atoms with Crippen molar-refractivity contribution in [2.24, 2.45) is 0 Å². The Labute approximate surface area is 88.1 Å². The maximum absolute atomic E-state index is 5.55. The summed E-state index contributed by atoms with van der Waals surface area (Å²) in [4.78, 5) is 0. The molecule has 0 bridgehead atoms. The van der Waals surface area contributed by atoms with E-state index in [1.54, 1.807) is 0 Å². The lowest BCUT2D eigenvalue weighted by Crippen LogP contribution is -2.16. The summed E-state index contributed by atoms with van der Waals surface area (Å²) in [6.07, 6.45) is -0.162. The molecule has 0 amide bonds. The number of ether oxygens (including phenoxy) is 2. The van der Waals surface area contributed by atoms with Gasteiger partial charge < -0.3 is 9.47 Å². The zero-order chi connectivity index (χ0) is 10.4. The molecule has 3 heteroatoms. The first-order valence-electron chi connectivity index (χ1n) is 5.13. The van der Waals surface area contributed by atoms with Gasteiger partial charge >= 0.3 is 0 Å². The van der Waals surface area contributed by atoms with Crippen molar-refractivity contribution in [1.82, 2.24) is 0 Å². The number of rotatable bonds is 5. The van der Waals surface area contributed by atoms with E-state index < -0.39 is 0 Å². The minimum absolute atomic E-state index is 0.0482. The van der Waals surface area contributed by atoms with Gasteiger partial charge in [-0.15, -0.1) is 0 Å². The zero-order valence-electron chi connectivity index (χ0n) is 9.12. The monoisotopic (exact) mass is 210 g/mol. The maximum atomic E-state index is 5.55. The molecule has 0 radical (unpaired) electrons. The number of hydrogen-bond acceptors (Lipinski definition) is 2. The average Bonchev–Trinajstić information content (AvgIpc) is 2.19. The smallest absolute Gasteiger partial charge is 0.196 e. The van der Waals surface area contributed by atoms with Gasteiger partial charge in [-0.25, -0.2) is 0 Å². The lowest BCUT2D eigenvalue weighted by Gasteiger charge is -2.14. The van der Waals surface area contributed by atoms with E-state index in [1.165, 1.54) is 5.19 Å².